The third-order valence-corrected chi connectivity index (χ3v) is 6.73. The minimum absolute atomic E-state index is 0.0609. The fraction of sp³-hybridized carbons (Fsp3) is 0.448. The van der Waals surface area contributed by atoms with Crippen molar-refractivity contribution >= 4 is 5.91 Å². The summed E-state index contributed by atoms with van der Waals surface area (Å²) in [7, 11) is 1.63. The molecular weight excluding hydrogens is 484 g/mol. The molecule has 0 aliphatic carbocycles. The molecule has 1 unspecified atom stereocenters. The van der Waals surface area contributed by atoms with Crippen LogP contribution in [0.4, 0.5) is 0 Å². The average Bonchev–Trinajstić information content (AvgIpc) is 3.30. The van der Waals surface area contributed by atoms with Gasteiger partial charge in [-0.05, 0) is 29.8 Å². The second-order valence-corrected chi connectivity index (χ2v) is 9.70. The highest BCUT2D eigenvalue weighted by Crippen LogP contribution is 2.29. The molecule has 38 heavy (non-hydrogen) atoms. The minimum atomic E-state index is -1.22. The van der Waals surface area contributed by atoms with E-state index in [9.17, 15) is 9.90 Å². The third-order valence-electron chi connectivity index (χ3n) is 6.73. The van der Waals surface area contributed by atoms with Gasteiger partial charge in [-0.1, -0.05) is 31.2 Å². The predicted octanol–water partition coefficient (Wildman–Crippen LogP) is 3.01. The maximum atomic E-state index is 12.2. The number of para-hydroxylation sites is 1. The molecule has 0 bridgehead atoms. The molecule has 1 N–H and O–H groups in total. The van der Waals surface area contributed by atoms with E-state index in [4.69, 9.17) is 14.2 Å². The van der Waals surface area contributed by atoms with E-state index in [-0.39, 0.29) is 19.1 Å². The van der Waals surface area contributed by atoms with Crippen molar-refractivity contribution in [1.29, 1.82) is 0 Å². The zero-order valence-electron chi connectivity index (χ0n) is 22.5. The lowest BCUT2D eigenvalue weighted by Crippen LogP contribution is -2.51. The van der Waals surface area contributed by atoms with Crippen molar-refractivity contribution in [3.8, 4) is 17.2 Å². The van der Waals surface area contributed by atoms with Gasteiger partial charge in [-0.3, -0.25) is 9.69 Å². The first-order valence-electron chi connectivity index (χ1n) is 13.1. The van der Waals surface area contributed by atoms with Crippen molar-refractivity contribution in [2.24, 2.45) is 0 Å². The van der Waals surface area contributed by atoms with Gasteiger partial charge < -0.3 is 28.8 Å². The fourth-order valence-corrected chi connectivity index (χ4v) is 4.77. The molecule has 1 amide bonds. The molecule has 2 heterocycles. The molecule has 1 aromatic heterocycles. The number of benzene rings is 2. The van der Waals surface area contributed by atoms with Gasteiger partial charge in [-0.15, -0.1) is 0 Å². The van der Waals surface area contributed by atoms with Crippen molar-refractivity contribution in [1.82, 2.24) is 19.4 Å². The molecule has 1 saturated heterocycles. The first-order chi connectivity index (χ1) is 18.4. The number of carbonyl (C=O) groups is 1. The summed E-state index contributed by atoms with van der Waals surface area (Å²) >= 11 is 0. The summed E-state index contributed by atoms with van der Waals surface area (Å²) in [6.45, 7) is 7.22. The van der Waals surface area contributed by atoms with Gasteiger partial charge in [0.2, 0.25) is 5.91 Å². The van der Waals surface area contributed by atoms with Crippen LogP contribution in [0.1, 0.15) is 25.2 Å². The molecule has 1 atom stereocenters. The smallest absolute Gasteiger partial charge is 0.219 e. The van der Waals surface area contributed by atoms with Crippen molar-refractivity contribution in [2.75, 3.05) is 46.5 Å². The monoisotopic (exact) mass is 522 g/mol. The normalized spacial score (nSPS) is 18.2. The van der Waals surface area contributed by atoms with Gasteiger partial charge in [0.1, 0.15) is 30.4 Å². The van der Waals surface area contributed by atoms with Crippen LogP contribution in [-0.2, 0) is 24.3 Å². The van der Waals surface area contributed by atoms with Crippen LogP contribution in [0.5, 0.6) is 17.2 Å². The Kier molecular flexibility index (Phi) is 9.25. The van der Waals surface area contributed by atoms with E-state index >= 15 is 0 Å². The summed E-state index contributed by atoms with van der Waals surface area (Å²) in [6.07, 6.45) is 4.63. The Balaban J connectivity index is 1.44. The first-order valence-corrected chi connectivity index (χ1v) is 13.1. The Labute approximate surface area is 224 Å². The number of imidazole rings is 1. The number of ether oxygens (including phenoxy) is 3. The molecule has 204 valence electrons. The molecule has 2 aromatic carbocycles. The van der Waals surface area contributed by atoms with E-state index < -0.39 is 5.60 Å². The molecule has 0 spiro atoms. The van der Waals surface area contributed by atoms with Gasteiger partial charge in [0, 0.05) is 51.9 Å². The molecule has 3 aromatic rings. The van der Waals surface area contributed by atoms with Gasteiger partial charge in [-0.2, -0.15) is 0 Å². The summed E-state index contributed by atoms with van der Waals surface area (Å²) in [6, 6.07) is 15.3. The molecule has 1 aliphatic heterocycles. The minimum Gasteiger partial charge on any atom is -0.493 e. The van der Waals surface area contributed by atoms with E-state index in [0.29, 0.717) is 56.6 Å². The van der Waals surface area contributed by atoms with Crippen LogP contribution in [0.2, 0.25) is 0 Å². The fourth-order valence-electron chi connectivity index (χ4n) is 4.77. The lowest BCUT2D eigenvalue weighted by atomic mass is 10.0. The van der Waals surface area contributed by atoms with Crippen LogP contribution in [0.25, 0.3) is 0 Å². The molecule has 0 radical (unpaired) electrons. The van der Waals surface area contributed by atoms with Crippen molar-refractivity contribution in [2.45, 2.75) is 39.0 Å². The van der Waals surface area contributed by atoms with Gasteiger partial charge in [-0.25, -0.2) is 4.98 Å². The van der Waals surface area contributed by atoms with Gasteiger partial charge in [0.25, 0.3) is 0 Å². The number of aromatic nitrogens is 2. The quantitative estimate of drug-likeness (QED) is 0.414. The highest BCUT2D eigenvalue weighted by molar-refractivity contribution is 5.73. The zero-order valence-corrected chi connectivity index (χ0v) is 22.5. The van der Waals surface area contributed by atoms with E-state index in [2.05, 4.69) is 21.4 Å². The second kappa shape index (κ2) is 12.8. The van der Waals surface area contributed by atoms with Crippen LogP contribution in [0.3, 0.4) is 0 Å². The number of methoxy groups -OCH3 is 1. The van der Waals surface area contributed by atoms with E-state index in [1.807, 2.05) is 54.7 Å². The highest BCUT2D eigenvalue weighted by atomic mass is 16.5. The first kappa shape index (κ1) is 27.5. The number of carbonyl (C=O) groups excluding carboxylic acids is 1. The van der Waals surface area contributed by atoms with Crippen molar-refractivity contribution in [3.63, 3.8) is 0 Å². The lowest BCUT2D eigenvalue weighted by Gasteiger charge is -2.32. The molecule has 9 nitrogen and oxygen atoms in total. The van der Waals surface area contributed by atoms with Crippen LogP contribution < -0.4 is 14.2 Å². The average molecular weight is 523 g/mol. The maximum absolute atomic E-state index is 12.2. The van der Waals surface area contributed by atoms with E-state index in [1.54, 1.807) is 18.2 Å². The van der Waals surface area contributed by atoms with Crippen LogP contribution in [0.15, 0.2) is 60.9 Å². The molecule has 1 aliphatic rings. The van der Waals surface area contributed by atoms with E-state index in [0.717, 1.165) is 17.8 Å². The molecular formula is C29H38N4O5. The Morgan fingerprint density at radius 2 is 1.89 bits per heavy atom. The lowest BCUT2D eigenvalue weighted by molar-refractivity contribution is -0.132. The van der Waals surface area contributed by atoms with Gasteiger partial charge in [0.05, 0.1) is 20.2 Å². The van der Waals surface area contributed by atoms with Gasteiger partial charge >= 0.3 is 0 Å². The number of hydrogen-bond donors (Lipinski definition) is 1. The highest BCUT2D eigenvalue weighted by Gasteiger charge is 2.37. The second-order valence-electron chi connectivity index (χ2n) is 9.70. The zero-order chi connectivity index (χ0) is 27.0. The number of amides is 1. The number of aryl methyl sites for hydroxylation is 1. The summed E-state index contributed by atoms with van der Waals surface area (Å²) < 4.78 is 19.7. The third kappa shape index (κ3) is 7.26. The van der Waals surface area contributed by atoms with Crippen molar-refractivity contribution < 1.29 is 24.1 Å². The largest absolute Gasteiger partial charge is 0.493 e. The van der Waals surface area contributed by atoms with Crippen LogP contribution in [-0.4, -0.2) is 82.5 Å². The van der Waals surface area contributed by atoms with Crippen molar-refractivity contribution in [3.05, 3.63) is 72.3 Å². The Morgan fingerprint density at radius 1 is 1.08 bits per heavy atom. The van der Waals surface area contributed by atoms with Crippen LogP contribution in [0, 0.1) is 0 Å². The molecule has 0 saturated carbocycles. The maximum Gasteiger partial charge on any atom is 0.219 e. The topological polar surface area (TPSA) is 89.3 Å². The number of hydrogen-bond acceptors (Lipinski definition) is 7. The Hall–Kier alpha value is -3.56. The number of aliphatic hydroxyl groups is 1. The summed E-state index contributed by atoms with van der Waals surface area (Å²) in [5.74, 6) is 2.99. The van der Waals surface area contributed by atoms with E-state index in [1.165, 1.54) is 6.92 Å². The summed E-state index contributed by atoms with van der Waals surface area (Å²) in [5, 5.41) is 11.6. The number of rotatable bonds is 11. The SMILES string of the molecule is CCc1nccn1CCOc1cc(CN2CCN(C(C)=O)CC(O)(COc3ccccc3)C2)ccc1OC. The van der Waals surface area contributed by atoms with Crippen LogP contribution >= 0.6 is 0 Å². The summed E-state index contributed by atoms with van der Waals surface area (Å²) in [4.78, 5) is 20.4. The summed E-state index contributed by atoms with van der Waals surface area (Å²) in [5.41, 5.74) is -0.189. The Bertz CT molecular complexity index is 1180. The molecule has 1 fully saturated rings. The predicted molar refractivity (Wildman–Crippen MR) is 145 cm³/mol. The number of nitrogens with zero attached hydrogens (tertiary/aromatic N) is 4. The number of β-amino-alcohol motifs (C(OH)–C–C–N with tert-alkyl or cyclic N) is 1. The molecule has 9 heteroatoms. The standard InChI is InChI=1S/C29H38N4O5/c1-4-28-30-12-13-32(28)16-17-37-27-18-24(10-11-26(27)36-3)19-31-14-15-33(23(2)34)21-29(35,20-31)22-38-25-8-6-5-7-9-25/h5-13,18,35H,4,14-17,19-22H2,1-3H3. The van der Waals surface area contributed by atoms with Gasteiger partial charge in [0.15, 0.2) is 11.5 Å². The molecule has 4 rings (SSSR count). The Morgan fingerprint density at radius 3 is 2.63 bits per heavy atom.